The maximum Gasteiger partial charge on any atom is 0.161 e. The smallest absolute Gasteiger partial charge is 0.161 e. The fraction of sp³-hybridized carbons (Fsp3) is 0.133. The molecule has 0 amide bonds. The quantitative estimate of drug-likeness (QED) is 0.299. The predicted molar refractivity (Wildman–Crippen MR) is 133 cm³/mol. The average molecular weight is 431 g/mol. The van der Waals surface area contributed by atoms with Crippen LogP contribution in [0.4, 0.5) is 0 Å². The zero-order chi connectivity index (χ0) is 22.5. The number of carbonyl (C=O) groups is 1. The van der Waals surface area contributed by atoms with Crippen LogP contribution >= 0.6 is 0 Å². The van der Waals surface area contributed by atoms with E-state index in [0.717, 1.165) is 11.3 Å². The highest BCUT2D eigenvalue weighted by molar-refractivity contribution is 6.00. The predicted octanol–water partition coefficient (Wildman–Crippen LogP) is 5.73. The van der Waals surface area contributed by atoms with Gasteiger partial charge in [0.2, 0.25) is 0 Å². The third kappa shape index (κ3) is 4.04. The molecule has 0 unspecified atom stereocenters. The number of Topliss-reactive ketones (excluding diaryl/α,β-unsaturated/α-hetero) is 1. The number of piperidine rings is 1. The molecule has 3 nitrogen and oxygen atoms in total. The van der Waals surface area contributed by atoms with E-state index < -0.39 is 5.54 Å². The lowest BCUT2D eigenvalue weighted by molar-refractivity contribution is -0.117. The molecule has 3 aromatic carbocycles. The first-order valence-electron chi connectivity index (χ1n) is 11.3. The van der Waals surface area contributed by atoms with Crippen molar-refractivity contribution in [2.24, 2.45) is 0 Å². The molecule has 0 spiro atoms. The molecule has 1 aromatic heterocycles. The second-order valence-corrected chi connectivity index (χ2v) is 8.33. The number of nitrogens with zero attached hydrogens (tertiary/aromatic N) is 2. The number of likely N-dealkylation sites (tertiary alicyclic amines) is 1. The first kappa shape index (κ1) is 21.0. The Kier molecular flexibility index (Phi) is 5.97. The molecule has 0 bridgehead atoms. The van der Waals surface area contributed by atoms with Crippen LogP contribution in [-0.4, -0.2) is 28.8 Å². The highest BCUT2D eigenvalue weighted by atomic mass is 16.1. The maximum absolute atomic E-state index is 13.0. The van der Waals surface area contributed by atoms with Crippen molar-refractivity contribution in [2.45, 2.75) is 12.0 Å². The van der Waals surface area contributed by atoms with Crippen LogP contribution in [0.3, 0.4) is 0 Å². The second-order valence-electron chi connectivity index (χ2n) is 8.33. The van der Waals surface area contributed by atoms with E-state index in [-0.39, 0.29) is 5.78 Å². The van der Waals surface area contributed by atoms with E-state index in [2.05, 4.69) is 101 Å². The lowest BCUT2D eigenvalue weighted by atomic mass is 9.74. The van der Waals surface area contributed by atoms with Gasteiger partial charge in [-0.2, -0.15) is 0 Å². The average Bonchev–Trinajstić information content (AvgIpc) is 2.89. The summed E-state index contributed by atoms with van der Waals surface area (Å²) in [5, 5.41) is 0. The summed E-state index contributed by atoms with van der Waals surface area (Å²) in [5.41, 5.74) is 4.66. The minimum atomic E-state index is -0.520. The SMILES string of the molecule is O=C1CCN(C(c2ccccc2)(c2ccccc2)c2ccccc2)CC1=Cc1ccccn1. The largest absolute Gasteiger partial charge is 0.294 e. The molecule has 4 aromatic rings. The number of benzene rings is 3. The Morgan fingerprint density at radius 1 is 0.697 bits per heavy atom. The summed E-state index contributed by atoms with van der Waals surface area (Å²) >= 11 is 0. The summed E-state index contributed by atoms with van der Waals surface area (Å²) < 4.78 is 0. The van der Waals surface area contributed by atoms with E-state index >= 15 is 0 Å². The molecule has 33 heavy (non-hydrogen) atoms. The Balaban J connectivity index is 1.71. The monoisotopic (exact) mass is 430 g/mol. The van der Waals surface area contributed by atoms with Crippen molar-refractivity contribution in [3.63, 3.8) is 0 Å². The topological polar surface area (TPSA) is 33.2 Å². The van der Waals surface area contributed by atoms with Gasteiger partial charge in [-0.15, -0.1) is 0 Å². The van der Waals surface area contributed by atoms with Gasteiger partial charge in [-0.3, -0.25) is 14.7 Å². The van der Waals surface area contributed by atoms with Crippen molar-refractivity contribution in [1.82, 2.24) is 9.88 Å². The molecule has 3 heteroatoms. The Morgan fingerprint density at radius 3 is 1.70 bits per heavy atom. The van der Waals surface area contributed by atoms with Crippen molar-refractivity contribution in [3.8, 4) is 0 Å². The highest BCUT2D eigenvalue weighted by Gasteiger charge is 2.44. The van der Waals surface area contributed by atoms with Crippen LogP contribution in [0, 0.1) is 0 Å². The van der Waals surface area contributed by atoms with E-state index in [1.165, 1.54) is 16.7 Å². The lowest BCUT2D eigenvalue weighted by Crippen LogP contribution is -2.52. The Hall–Kier alpha value is -3.82. The second kappa shape index (κ2) is 9.35. The van der Waals surface area contributed by atoms with E-state index in [4.69, 9.17) is 0 Å². The summed E-state index contributed by atoms with van der Waals surface area (Å²) in [5.74, 6) is 0.194. The third-order valence-electron chi connectivity index (χ3n) is 6.39. The molecule has 2 heterocycles. The normalized spacial score (nSPS) is 16.1. The van der Waals surface area contributed by atoms with Crippen LogP contribution < -0.4 is 0 Å². The number of rotatable bonds is 5. The first-order valence-corrected chi connectivity index (χ1v) is 11.3. The molecule has 0 N–H and O–H groups in total. The van der Waals surface area contributed by atoms with Gasteiger partial charge in [0.05, 0.1) is 11.2 Å². The third-order valence-corrected chi connectivity index (χ3v) is 6.39. The molecule has 162 valence electrons. The molecule has 1 aliphatic heterocycles. The number of carbonyl (C=O) groups excluding carboxylic acids is 1. The summed E-state index contributed by atoms with van der Waals surface area (Å²) in [4.78, 5) is 19.8. The fourth-order valence-corrected chi connectivity index (χ4v) is 4.91. The Labute approximate surface area is 195 Å². The highest BCUT2D eigenvalue weighted by Crippen LogP contribution is 2.43. The molecule has 0 aliphatic carbocycles. The van der Waals surface area contributed by atoms with Crippen LogP contribution in [0.2, 0.25) is 0 Å². The van der Waals surface area contributed by atoms with Crippen LogP contribution in [0.15, 0.2) is 121 Å². The van der Waals surface area contributed by atoms with Crippen LogP contribution in [-0.2, 0) is 10.3 Å². The zero-order valence-corrected chi connectivity index (χ0v) is 18.5. The number of aromatic nitrogens is 1. The number of hydrogen-bond donors (Lipinski definition) is 0. The number of ketones is 1. The van der Waals surface area contributed by atoms with Crippen LogP contribution in [0.5, 0.6) is 0 Å². The summed E-state index contributed by atoms with van der Waals surface area (Å²) in [6.45, 7) is 1.23. The molecule has 0 atom stereocenters. The zero-order valence-electron chi connectivity index (χ0n) is 18.5. The molecule has 1 aliphatic rings. The van der Waals surface area contributed by atoms with Crippen molar-refractivity contribution in [3.05, 3.63) is 143 Å². The molecule has 5 rings (SSSR count). The summed E-state index contributed by atoms with van der Waals surface area (Å²) in [6.07, 6.45) is 4.19. The molecular weight excluding hydrogens is 404 g/mol. The minimum Gasteiger partial charge on any atom is -0.294 e. The molecule has 0 saturated carbocycles. The first-order chi connectivity index (χ1) is 16.3. The van der Waals surface area contributed by atoms with Crippen molar-refractivity contribution in [2.75, 3.05) is 13.1 Å². The van der Waals surface area contributed by atoms with Gasteiger partial charge in [0.1, 0.15) is 0 Å². The van der Waals surface area contributed by atoms with Crippen molar-refractivity contribution in [1.29, 1.82) is 0 Å². The van der Waals surface area contributed by atoms with E-state index in [9.17, 15) is 4.79 Å². The summed E-state index contributed by atoms with van der Waals surface area (Å²) in [7, 11) is 0. The molecule has 1 fully saturated rings. The number of pyridine rings is 1. The van der Waals surface area contributed by atoms with E-state index in [1.807, 2.05) is 24.3 Å². The van der Waals surface area contributed by atoms with Gasteiger partial charge in [0.25, 0.3) is 0 Å². The van der Waals surface area contributed by atoms with Gasteiger partial charge in [0.15, 0.2) is 5.78 Å². The maximum atomic E-state index is 13.0. The lowest BCUT2D eigenvalue weighted by Gasteiger charge is -2.47. The molecule has 0 radical (unpaired) electrons. The number of hydrogen-bond acceptors (Lipinski definition) is 3. The van der Waals surface area contributed by atoms with Crippen molar-refractivity contribution >= 4 is 11.9 Å². The van der Waals surface area contributed by atoms with E-state index in [0.29, 0.717) is 19.5 Å². The van der Waals surface area contributed by atoms with Gasteiger partial charge >= 0.3 is 0 Å². The molecule has 1 saturated heterocycles. The van der Waals surface area contributed by atoms with Gasteiger partial charge in [0, 0.05) is 31.3 Å². The standard InChI is InChI=1S/C30H26N2O/c33-29-19-21-32(23-24(29)22-28-18-10-11-20-31-28)30(25-12-4-1-5-13-25,26-14-6-2-7-15-26)27-16-8-3-9-17-27/h1-18,20,22H,19,21,23H2. The Bertz CT molecular complexity index is 1140. The van der Waals surface area contributed by atoms with Gasteiger partial charge < -0.3 is 0 Å². The fourth-order valence-electron chi connectivity index (χ4n) is 4.91. The van der Waals surface area contributed by atoms with Crippen LogP contribution in [0.1, 0.15) is 28.8 Å². The van der Waals surface area contributed by atoms with Crippen LogP contribution in [0.25, 0.3) is 6.08 Å². The van der Waals surface area contributed by atoms with Gasteiger partial charge in [-0.05, 0) is 34.9 Å². The molecular formula is C30H26N2O. The van der Waals surface area contributed by atoms with E-state index in [1.54, 1.807) is 6.20 Å². The Morgan fingerprint density at radius 2 is 1.21 bits per heavy atom. The van der Waals surface area contributed by atoms with Crippen molar-refractivity contribution < 1.29 is 4.79 Å². The van der Waals surface area contributed by atoms with Gasteiger partial charge in [-0.1, -0.05) is 97.1 Å². The minimum absolute atomic E-state index is 0.194. The van der Waals surface area contributed by atoms with Gasteiger partial charge in [-0.25, -0.2) is 0 Å². The summed E-state index contributed by atoms with van der Waals surface area (Å²) in [6, 6.07) is 37.7.